The first kappa shape index (κ1) is 19.7. The van der Waals surface area contributed by atoms with Gasteiger partial charge in [-0.1, -0.05) is 6.07 Å². The molecule has 0 atom stereocenters. The molecule has 1 heterocycles. The van der Waals surface area contributed by atoms with Crippen molar-refractivity contribution in [2.45, 2.75) is 18.1 Å². The van der Waals surface area contributed by atoms with Gasteiger partial charge < -0.3 is 14.2 Å². The van der Waals surface area contributed by atoms with Crippen LogP contribution in [0.25, 0.3) is 0 Å². The molecule has 2 aromatic carbocycles. The van der Waals surface area contributed by atoms with E-state index in [1.54, 1.807) is 0 Å². The van der Waals surface area contributed by atoms with Crippen molar-refractivity contribution in [2.75, 3.05) is 13.8 Å². The van der Waals surface area contributed by atoms with E-state index in [1.165, 1.54) is 43.4 Å². The molecule has 0 bridgehead atoms. The molecule has 0 saturated carbocycles. The van der Waals surface area contributed by atoms with E-state index in [0.717, 1.165) is 0 Å². The summed E-state index contributed by atoms with van der Waals surface area (Å²) in [5.74, 6) is -0.406. The standard InChI is InChI=1S/C17H16N2O8S/c1-18-28(23,24)15-4-2-3-11(7-15)17(20)26-9-13-6-14(19(21)22)5-12-8-25-10-27-16(12)13/h2-7,18H,8-10H2,1H3. The molecule has 148 valence electrons. The fourth-order valence-corrected chi connectivity index (χ4v) is 3.40. The number of rotatable bonds is 6. The van der Waals surface area contributed by atoms with Crippen LogP contribution in [0.5, 0.6) is 5.75 Å². The van der Waals surface area contributed by atoms with Gasteiger partial charge in [0.1, 0.15) is 12.4 Å². The summed E-state index contributed by atoms with van der Waals surface area (Å²) in [6, 6.07) is 7.95. The third-order valence-electron chi connectivity index (χ3n) is 3.99. The van der Waals surface area contributed by atoms with Crippen LogP contribution in [0.1, 0.15) is 21.5 Å². The molecule has 0 radical (unpaired) electrons. The number of hydrogen-bond donors (Lipinski definition) is 1. The summed E-state index contributed by atoms with van der Waals surface area (Å²) in [7, 11) is -2.46. The fourth-order valence-electron chi connectivity index (χ4n) is 2.63. The highest BCUT2D eigenvalue weighted by Crippen LogP contribution is 2.33. The SMILES string of the molecule is CNS(=O)(=O)c1cccc(C(=O)OCc2cc([N+](=O)[O-])cc3c2OCOC3)c1. The zero-order valence-electron chi connectivity index (χ0n) is 14.7. The summed E-state index contributed by atoms with van der Waals surface area (Å²) in [6.45, 7) is -0.163. The molecular formula is C17H16N2O8S. The van der Waals surface area contributed by atoms with Gasteiger partial charge >= 0.3 is 5.97 Å². The van der Waals surface area contributed by atoms with Crippen molar-refractivity contribution in [2.24, 2.45) is 0 Å². The smallest absolute Gasteiger partial charge is 0.338 e. The Hall–Kier alpha value is -3.02. The molecule has 0 amide bonds. The van der Waals surface area contributed by atoms with Crippen LogP contribution >= 0.6 is 0 Å². The molecule has 0 fully saturated rings. The van der Waals surface area contributed by atoms with E-state index >= 15 is 0 Å². The van der Waals surface area contributed by atoms with Gasteiger partial charge in [-0.05, 0) is 25.2 Å². The van der Waals surface area contributed by atoms with Gasteiger partial charge in [0.05, 0.1) is 22.0 Å². The van der Waals surface area contributed by atoms with Crippen LogP contribution in [0.2, 0.25) is 0 Å². The number of esters is 1. The van der Waals surface area contributed by atoms with E-state index in [0.29, 0.717) is 16.9 Å². The number of non-ortho nitro benzene ring substituents is 1. The Morgan fingerprint density at radius 3 is 2.82 bits per heavy atom. The predicted octanol–water partition coefficient (Wildman–Crippen LogP) is 1.73. The topological polar surface area (TPSA) is 134 Å². The number of sulfonamides is 1. The summed E-state index contributed by atoms with van der Waals surface area (Å²) in [5.41, 5.74) is 0.648. The Kier molecular flexibility index (Phi) is 5.58. The highest BCUT2D eigenvalue weighted by Gasteiger charge is 2.22. The Balaban J connectivity index is 1.83. The van der Waals surface area contributed by atoms with Gasteiger partial charge in [-0.2, -0.15) is 0 Å². The van der Waals surface area contributed by atoms with Crippen LogP contribution in [-0.4, -0.2) is 33.2 Å². The third-order valence-corrected chi connectivity index (χ3v) is 5.40. The van der Waals surface area contributed by atoms with Crippen LogP contribution in [0.3, 0.4) is 0 Å². The lowest BCUT2D eigenvalue weighted by atomic mass is 10.1. The maximum Gasteiger partial charge on any atom is 0.338 e. The summed E-state index contributed by atoms with van der Waals surface area (Å²) >= 11 is 0. The summed E-state index contributed by atoms with van der Waals surface area (Å²) in [5, 5.41) is 11.1. The van der Waals surface area contributed by atoms with E-state index in [2.05, 4.69) is 4.72 Å². The molecule has 2 aromatic rings. The first-order chi connectivity index (χ1) is 13.3. The number of nitrogens with zero attached hydrogens (tertiary/aromatic N) is 1. The summed E-state index contributed by atoms with van der Waals surface area (Å²) in [6.07, 6.45) is 0. The second kappa shape index (κ2) is 7.92. The first-order valence-electron chi connectivity index (χ1n) is 8.03. The number of benzene rings is 2. The number of nitro groups is 1. The van der Waals surface area contributed by atoms with E-state index in [-0.39, 0.29) is 36.2 Å². The molecule has 1 aliphatic heterocycles. The second-order valence-electron chi connectivity index (χ2n) is 5.77. The van der Waals surface area contributed by atoms with E-state index in [1.807, 2.05) is 0 Å². The molecule has 0 unspecified atom stereocenters. The van der Waals surface area contributed by atoms with Crippen molar-refractivity contribution in [1.29, 1.82) is 0 Å². The van der Waals surface area contributed by atoms with Gasteiger partial charge in [0.15, 0.2) is 6.79 Å². The Bertz CT molecular complexity index is 1040. The average molecular weight is 408 g/mol. The normalized spacial score (nSPS) is 13.3. The van der Waals surface area contributed by atoms with Crippen LogP contribution < -0.4 is 9.46 Å². The molecule has 0 aromatic heterocycles. The van der Waals surface area contributed by atoms with E-state index in [4.69, 9.17) is 14.2 Å². The van der Waals surface area contributed by atoms with Gasteiger partial charge in [0, 0.05) is 23.3 Å². The number of nitrogens with one attached hydrogen (secondary N) is 1. The summed E-state index contributed by atoms with van der Waals surface area (Å²) < 4.78 is 41.6. The fraction of sp³-hybridized carbons (Fsp3) is 0.235. The first-order valence-corrected chi connectivity index (χ1v) is 9.51. The molecule has 0 saturated heterocycles. The largest absolute Gasteiger partial charge is 0.467 e. The quantitative estimate of drug-likeness (QED) is 0.434. The maximum atomic E-state index is 12.3. The molecular weight excluding hydrogens is 392 g/mol. The van der Waals surface area contributed by atoms with Gasteiger partial charge in [-0.25, -0.2) is 17.9 Å². The lowest BCUT2D eigenvalue weighted by Gasteiger charge is -2.20. The van der Waals surface area contributed by atoms with Crippen molar-refractivity contribution in [3.05, 3.63) is 63.2 Å². The van der Waals surface area contributed by atoms with Crippen LogP contribution in [0.4, 0.5) is 5.69 Å². The average Bonchev–Trinajstić information content (AvgIpc) is 2.71. The lowest BCUT2D eigenvalue weighted by Crippen LogP contribution is -2.19. The van der Waals surface area contributed by atoms with Crippen molar-refractivity contribution in [3.63, 3.8) is 0 Å². The van der Waals surface area contributed by atoms with Crippen molar-refractivity contribution < 1.29 is 32.3 Å². The van der Waals surface area contributed by atoms with Gasteiger partial charge in [0.2, 0.25) is 10.0 Å². The molecule has 0 spiro atoms. The Morgan fingerprint density at radius 1 is 1.32 bits per heavy atom. The molecule has 11 heteroatoms. The van der Waals surface area contributed by atoms with Crippen molar-refractivity contribution >= 4 is 21.7 Å². The minimum atomic E-state index is -3.72. The third kappa shape index (κ3) is 4.11. The molecule has 28 heavy (non-hydrogen) atoms. The molecule has 3 rings (SSSR count). The molecule has 0 aliphatic carbocycles. The van der Waals surface area contributed by atoms with E-state index < -0.39 is 20.9 Å². The van der Waals surface area contributed by atoms with Gasteiger partial charge in [-0.3, -0.25) is 10.1 Å². The van der Waals surface area contributed by atoms with Crippen LogP contribution in [0.15, 0.2) is 41.3 Å². The molecule has 10 nitrogen and oxygen atoms in total. The highest BCUT2D eigenvalue weighted by atomic mass is 32.2. The Labute approximate surface area is 160 Å². The number of ether oxygens (including phenoxy) is 3. The van der Waals surface area contributed by atoms with Gasteiger partial charge in [-0.15, -0.1) is 0 Å². The monoisotopic (exact) mass is 408 g/mol. The zero-order valence-corrected chi connectivity index (χ0v) is 15.5. The molecule has 1 N–H and O–H groups in total. The Morgan fingerprint density at radius 2 is 2.11 bits per heavy atom. The summed E-state index contributed by atoms with van der Waals surface area (Å²) in [4.78, 5) is 22.8. The number of hydrogen-bond acceptors (Lipinski definition) is 8. The second-order valence-corrected chi connectivity index (χ2v) is 7.66. The lowest BCUT2D eigenvalue weighted by molar-refractivity contribution is -0.385. The zero-order chi connectivity index (χ0) is 20.3. The predicted molar refractivity (Wildman–Crippen MR) is 95.2 cm³/mol. The van der Waals surface area contributed by atoms with Crippen molar-refractivity contribution in [3.8, 4) is 5.75 Å². The minimum absolute atomic E-state index is 0.0182. The molecule has 1 aliphatic rings. The number of carbonyl (C=O) groups is 1. The van der Waals surface area contributed by atoms with Gasteiger partial charge in [0.25, 0.3) is 5.69 Å². The minimum Gasteiger partial charge on any atom is -0.467 e. The number of carbonyl (C=O) groups excluding carboxylic acids is 1. The highest BCUT2D eigenvalue weighted by molar-refractivity contribution is 7.89. The maximum absolute atomic E-state index is 12.3. The number of fused-ring (bicyclic) bond motifs is 1. The van der Waals surface area contributed by atoms with Crippen molar-refractivity contribution in [1.82, 2.24) is 4.72 Å². The van der Waals surface area contributed by atoms with Crippen LogP contribution in [-0.2, 0) is 32.7 Å². The number of nitro benzene ring substituents is 1. The van der Waals surface area contributed by atoms with Crippen LogP contribution in [0, 0.1) is 10.1 Å². The van der Waals surface area contributed by atoms with E-state index in [9.17, 15) is 23.3 Å².